The predicted octanol–water partition coefficient (Wildman–Crippen LogP) is -0.231. The molecule has 0 aliphatic heterocycles. The van der Waals surface area contributed by atoms with Crippen molar-refractivity contribution in [1.82, 2.24) is 35.1 Å². The molecule has 0 saturated heterocycles. The smallest absolute Gasteiger partial charge is 0.242 e. The zero-order chi connectivity index (χ0) is 19.5. The van der Waals surface area contributed by atoms with Crippen LogP contribution in [-0.2, 0) is 23.0 Å². The Labute approximate surface area is 159 Å². The van der Waals surface area contributed by atoms with E-state index in [9.17, 15) is 8.42 Å². The molecule has 2 aromatic rings. The van der Waals surface area contributed by atoms with Gasteiger partial charge in [-0.15, -0.1) is 10.2 Å². The fourth-order valence-electron chi connectivity index (χ4n) is 2.31. The predicted molar refractivity (Wildman–Crippen MR) is 103 cm³/mol. The molecular formula is C16H26N8O2S. The number of aromatic nitrogens is 4. The lowest BCUT2D eigenvalue weighted by Gasteiger charge is -2.12. The molecule has 0 aromatic carbocycles. The summed E-state index contributed by atoms with van der Waals surface area (Å²) in [5.74, 6) is 1.56. The van der Waals surface area contributed by atoms with Crippen molar-refractivity contribution < 1.29 is 8.42 Å². The molecule has 0 radical (unpaired) electrons. The maximum atomic E-state index is 12.1. The van der Waals surface area contributed by atoms with E-state index in [1.165, 1.54) is 18.5 Å². The Morgan fingerprint density at radius 3 is 2.81 bits per heavy atom. The van der Waals surface area contributed by atoms with Crippen LogP contribution in [0.3, 0.4) is 0 Å². The van der Waals surface area contributed by atoms with Crippen molar-refractivity contribution in [3.63, 3.8) is 0 Å². The van der Waals surface area contributed by atoms with E-state index < -0.39 is 10.0 Å². The highest BCUT2D eigenvalue weighted by atomic mass is 32.2. The highest BCUT2D eigenvalue weighted by Gasteiger charge is 2.12. The molecule has 2 rings (SSSR count). The summed E-state index contributed by atoms with van der Waals surface area (Å²) >= 11 is 0. The van der Waals surface area contributed by atoms with E-state index in [1.807, 2.05) is 18.4 Å². The topological polar surface area (TPSA) is 126 Å². The van der Waals surface area contributed by atoms with Crippen molar-refractivity contribution in [2.24, 2.45) is 4.99 Å². The zero-order valence-electron chi connectivity index (χ0n) is 15.6. The molecule has 10 nitrogen and oxygen atoms in total. The van der Waals surface area contributed by atoms with Gasteiger partial charge in [0.05, 0.1) is 6.54 Å². The van der Waals surface area contributed by atoms with Crippen LogP contribution in [0.1, 0.15) is 19.7 Å². The summed E-state index contributed by atoms with van der Waals surface area (Å²) in [4.78, 5) is 8.34. The molecule has 0 fully saturated rings. The average molecular weight is 395 g/mol. The Morgan fingerprint density at radius 1 is 1.26 bits per heavy atom. The molecule has 0 amide bonds. The Bertz CT molecular complexity index is 820. The largest absolute Gasteiger partial charge is 0.357 e. The SMILES string of the molecule is CCNC(=NCCNS(=O)(=O)c1cccnc1)NCCn1cnnc1CC. The molecule has 0 spiro atoms. The fraction of sp³-hybridized carbons (Fsp3) is 0.500. The molecule has 2 heterocycles. The number of guanidine groups is 1. The first-order valence-corrected chi connectivity index (χ1v) is 10.3. The number of rotatable bonds is 10. The number of pyridine rings is 1. The van der Waals surface area contributed by atoms with Gasteiger partial charge in [-0.3, -0.25) is 9.98 Å². The van der Waals surface area contributed by atoms with Gasteiger partial charge in [-0.25, -0.2) is 13.1 Å². The maximum Gasteiger partial charge on any atom is 0.242 e. The minimum Gasteiger partial charge on any atom is -0.357 e. The summed E-state index contributed by atoms with van der Waals surface area (Å²) in [6, 6.07) is 3.08. The molecule has 0 aliphatic carbocycles. The van der Waals surface area contributed by atoms with Gasteiger partial charge in [0.15, 0.2) is 5.96 Å². The van der Waals surface area contributed by atoms with Gasteiger partial charge in [-0.2, -0.15) is 0 Å². The normalized spacial score (nSPS) is 12.1. The lowest BCUT2D eigenvalue weighted by atomic mass is 10.4. The van der Waals surface area contributed by atoms with Crippen LogP contribution in [0, 0.1) is 0 Å². The van der Waals surface area contributed by atoms with E-state index in [0.29, 0.717) is 32.1 Å². The van der Waals surface area contributed by atoms with Crippen LogP contribution in [0.25, 0.3) is 0 Å². The molecule has 2 aromatic heterocycles. The first-order valence-electron chi connectivity index (χ1n) is 8.85. The van der Waals surface area contributed by atoms with E-state index in [1.54, 1.807) is 12.4 Å². The summed E-state index contributed by atoms with van der Waals surface area (Å²) in [6.45, 7) is 6.58. The van der Waals surface area contributed by atoms with Gasteiger partial charge >= 0.3 is 0 Å². The van der Waals surface area contributed by atoms with Crippen molar-refractivity contribution in [2.45, 2.75) is 31.7 Å². The van der Waals surface area contributed by atoms with Crippen molar-refractivity contribution in [1.29, 1.82) is 0 Å². The summed E-state index contributed by atoms with van der Waals surface area (Å²) < 4.78 is 28.7. The molecule has 148 valence electrons. The minimum absolute atomic E-state index is 0.139. The highest BCUT2D eigenvalue weighted by Crippen LogP contribution is 2.04. The van der Waals surface area contributed by atoms with Gasteiger partial charge in [-0.05, 0) is 19.1 Å². The number of nitrogens with one attached hydrogen (secondary N) is 3. The minimum atomic E-state index is -3.56. The summed E-state index contributed by atoms with van der Waals surface area (Å²) in [5.41, 5.74) is 0. The zero-order valence-corrected chi connectivity index (χ0v) is 16.4. The second-order valence-corrected chi connectivity index (χ2v) is 7.34. The first kappa shape index (κ1) is 20.8. The fourth-order valence-corrected chi connectivity index (χ4v) is 3.30. The summed E-state index contributed by atoms with van der Waals surface area (Å²) in [5, 5.41) is 14.3. The first-order chi connectivity index (χ1) is 13.1. The standard InChI is InChI=1S/C16H26N8O2S/c1-3-15-23-21-13-24(15)11-10-20-16(18-4-2)19-8-9-22-27(25,26)14-6-5-7-17-12-14/h5-7,12-13,22H,3-4,8-11H2,1-2H3,(H2,18,19,20). The Kier molecular flexibility index (Phi) is 8.14. The Balaban J connectivity index is 1.81. The summed E-state index contributed by atoms with van der Waals surface area (Å²) in [6.07, 6.45) is 5.37. The van der Waals surface area contributed by atoms with E-state index in [-0.39, 0.29) is 11.4 Å². The molecule has 0 unspecified atom stereocenters. The van der Waals surface area contributed by atoms with Gasteiger partial charge in [0.25, 0.3) is 0 Å². The lowest BCUT2D eigenvalue weighted by molar-refractivity contribution is 0.581. The van der Waals surface area contributed by atoms with Crippen LogP contribution in [-0.4, -0.2) is 60.3 Å². The molecule has 11 heteroatoms. The highest BCUT2D eigenvalue weighted by molar-refractivity contribution is 7.89. The Hall–Kier alpha value is -2.53. The number of sulfonamides is 1. The number of aliphatic imine (C=N–C) groups is 1. The van der Waals surface area contributed by atoms with Gasteiger partial charge in [0.1, 0.15) is 17.0 Å². The second-order valence-electron chi connectivity index (χ2n) is 5.57. The lowest BCUT2D eigenvalue weighted by Crippen LogP contribution is -2.39. The molecule has 3 N–H and O–H groups in total. The van der Waals surface area contributed by atoms with E-state index in [4.69, 9.17) is 0 Å². The molecule has 0 bridgehead atoms. The van der Waals surface area contributed by atoms with Crippen molar-refractivity contribution in [2.75, 3.05) is 26.2 Å². The van der Waals surface area contributed by atoms with Crippen LogP contribution in [0.15, 0.2) is 40.7 Å². The molecule has 27 heavy (non-hydrogen) atoms. The number of hydrogen-bond donors (Lipinski definition) is 3. The van der Waals surface area contributed by atoms with Gasteiger partial charge < -0.3 is 15.2 Å². The van der Waals surface area contributed by atoms with Crippen LogP contribution in [0.5, 0.6) is 0 Å². The van der Waals surface area contributed by atoms with Gasteiger partial charge in [0, 0.05) is 45.0 Å². The van der Waals surface area contributed by atoms with Crippen LogP contribution < -0.4 is 15.4 Å². The third-order valence-corrected chi connectivity index (χ3v) is 5.07. The van der Waals surface area contributed by atoms with Crippen LogP contribution in [0.4, 0.5) is 0 Å². The molecule has 0 atom stereocenters. The maximum absolute atomic E-state index is 12.1. The van der Waals surface area contributed by atoms with Crippen LogP contribution >= 0.6 is 0 Å². The molecule has 0 saturated carbocycles. The summed E-state index contributed by atoms with van der Waals surface area (Å²) in [7, 11) is -3.56. The van der Waals surface area contributed by atoms with Gasteiger partial charge in [-0.1, -0.05) is 6.92 Å². The average Bonchev–Trinajstić information content (AvgIpc) is 3.13. The van der Waals surface area contributed by atoms with Gasteiger partial charge in [0.2, 0.25) is 10.0 Å². The van der Waals surface area contributed by atoms with E-state index in [2.05, 4.69) is 35.5 Å². The Morgan fingerprint density at radius 2 is 2.11 bits per heavy atom. The number of hydrogen-bond acceptors (Lipinski definition) is 6. The number of aryl methyl sites for hydroxylation is 1. The van der Waals surface area contributed by atoms with E-state index >= 15 is 0 Å². The number of nitrogens with zero attached hydrogens (tertiary/aromatic N) is 5. The second kappa shape index (κ2) is 10.6. The quantitative estimate of drug-likeness (QED) is 0.289. The van der Waals surface area contributed by atoms with Crippen molar-refractivity contribution in [3.8, 4) is 0 Å². The molecule has 0 aliphatic rings. The van der Waals surface area contributed by atoms with Crippen LogP contribution in [0.2, 0.25) is 0 Å². The van der Waals surface area contributed by atoms with Crippen molar-refractivity contribution in [3.05, 3.63) is 36.7 Å². The van der Waals surface area contributed by atoms with Crippen molar-refractivity contribution >= 4 is 16.0 Å². The monoisotopic (exact) mass is 394 g/mol. The third kappa shape index (κ3) is 6.61. The van der Waals surface area contributed by atoms with E-state index in [0.717, 1.165) is 12.2 Å². The third-order valence-electron chi connectivity index (χ3n) is 3.62. The molecular weight excluding hydrogens is 368 g/mol.